The molecule has 1 atom stereocenters. The van der Waals surface area contributed by atoms with Crippen LogP contribution < -0.4 is 14.8 Å². The molecular weight excluding hydrogens is 923 g/mol. The smallest absolute Gasteiger partial charge is 0.335 e. The molecular formula is C44H58N3O16S3+. The second-order valence-electron chi connectivity index (χ2n) is 17.2. The average Bonchev–Trinajstić information content (AvgIpc) is 3.65. The van der Waals surface area contributed by atoms with Crippen LogP contribution in [0.3, 0.4) is 0 Å². The fourth-order valence-corrected chi connectivity index (χ4v) is 9.49. The van der Waals surface area contributed by atoms with Crippen molar-refractivity contribution in [1.29, 1.82) is 0 Å². The van der Waals surface area contributed by atoms with Crippen molar-refractivity contribution in [2.45, 2.75) is 88.9 Å². The maximum atomic E-state index is 12.4. The number of hydrogen-bond donors (Lipinski definition) is 3. The second kappa shape index (κ2) is 21.4. The van der Waals surface area contributed by atoms with E-state index in [0.717, 1.165) is 16.5 Å². The van der Waals surface area contributed by atoms with Gasteiger partial charge in [0.05, 0.1) is 55.3 Å². The van der Waals surface area contributed by atoms with E-state index in [1.54, 1.807) is 24.3 Å². The Balaban J connectivity index is 1.44. The van der Waals surface area contributed by atoms with E-state index in [1.165, 1.54) is 12.1 Å². The number of carbonyl (C=O) groups is 3. The van der Waals surface area contributed by atoms with Gasteiger partial charge in [-0.15, -0.1) is 5.06 Å². The summed E-state index contributed by atoms with van der Waals surface area (Å²) in [4.78, 5) is 41.9. The summed E-state index contributed by atoms with van der Waals surface area (Å²) < 4.78 is 120. The second-order valence-corrected chi connectivity index (χ2v) is 21.7. The van der Waals surface area contributed by atoms with Gasteiger partial charge in [-0.3, -0.25) is 23.2 Å². The Labute approximate surface area is 385 Å². The lowest BCUT2D eigenvalue weighted by Crippen LogP contribution is -2.32. The summed E-state index contributed by atoms with van der Waals surface area (Å²) in [5.41, 5.74) is 2.14. The summed E-state index contributed by atoms with van der Waals surface area (Å²) in [6.07, 6.45) is 5.40. The highest BCUT2D eigenvalue weighted by molar-refractivity contribution is 7.86. The van der Waals surface area contributed by atoms with E-state index in [2.05, 4.69) is 20.8 Å². The van der Waals surface area contributed by atoms with Gasteiger partial charge in [0.1, 0.15) is 24.6 Å². The fourth-order valence-electron chi connectivity index (χ4n) is 7.98. The van der Waals surface area contributed by atoms with Gasteiger partial charge in [-0.2, -0.15) is 25.3 Å². The standard InChI is InChI=1S/C44H57N3O16S3/c1-6-45(20-9-27-65(54,55)56)31-12-14-34-35(43(2,3)4)29-32(62-38(34)28-31)10-7-11-39-44(5,19-8-26-64(51,52)53)36-30-33(66(57,58)59)13-15-37(36)46(39)21-23-61-25-24-60-22-18-42(50)63-47-40(48)16-17-41(47)49/h7,10-15,28-30H,6,8-9,16-27H2,1-5H3,(H2-,51,52,53,54,55,56,57,58,59)/p+1. The Bertz CT molecular complexity index is 2720. The number of anilines is 1. The number of benzene rings is 2. The van der Waals surface area contributed by atoms with Gasteiger partial charge in [0.25, 0.3) is 42.2 Å². The van der Waals surface area contributed by atoms with Crippen LogP contribution in [-0.2, 0) is 69.9 Å². The number of ether oxygens (including phenoxy) is 2. The molecule has 0 radical (unpaired) electrons. The maximum Gasteiger partial charge on any atom is 0.335 e. The highest BCUT2D eigenvalue weighted by Gasteiger charge is 2.44. The lowest BCUT2D eigenvalue weighted by molar-refractivity contribution is -0.198. The van der Waals surface area contributed by atoms with Gasteiger partial charge in [0.15, 0.2) is 0 Å². The zero-order chi connectivity index (χ0) is 48.7. The predicted octanol–water partition coefficient (Wildman–Crippen LogP) is 4.37. The van der Waals surface area contributed by atoms with Gasteiger partial charge < -0.3 is 23.6 Å². The number of hydroxylamine groups is 2. The molecule has 1 aromatic carbocycles. The van der Waals surface area contributed by atoms with Crippen molar-refractivity contribution in [2.24, 2.45) is 0 Å². The number of hydrogen-bond acceptors (Lipinski definition) is 14. The number of nitrogens with zero attached hydrogens (tertiary/aromatic N) is 3. The molecule has 0 spiro atoms. The van der Waals surface area contributed by atoms with Crippen LogP contribution in [-0.4, -0.2) is 119 Å². The van der Waals surface area contributed by atoms with Crippen LogP contribution in [0, 0.1) is 0 Å². The predicted molar refractivity (Wildman–Crippen MR) is 243 cm³/mol. The molecule has 3 heterocycles. The Morgan fingerprint density at radius 2 is 1.53 bits per heavy atom. The van der Waals surface area contributed by atoms with Gasteiger partial charge >= 0.3 is 5.97 Å². The van der Waals surface area contributed by atoms with Crippen molar-refractivity contribution in [3.8, 4) is 11.3 Å². The molecule has 0 saturated carbocycles. The van der Waals surface area contributed by atoms with Gasteiger partial charge in [0, 0.05) is 54.2 Å². The normalized spacial score (nSPS) is 18.3. The summed E-state index contributed by atoms with van der Waals surface area (Å²) in [6, 6.07) is 11.9. The van der Waals surface area contributed by atoms with Crippen LogP contribution in [0.2, 0.25) is 0 Å². The van der Waals surface area contributed by atoms with E-state index in [4.69, 9.17) is 18.7 Å². The van der Waals surface area contributed by atoms with Gasteiger partial charge in [-0.25, -0.2) is 9.37 Å². The third kappa shape index (κ3) is 13.9. The molecule has 66 heavy (non-hydrogen) atoms. The molecule has 1 saturated heterocycles. The number of allylic oxidation sites excluding steroid dienone is 3. The van der Waals surface area contributed by atoms with E-state index in [-0.39, 0.29) is 87.6 Å². The number of imide groups is 1. The monoisotopic (exact) mass is 980 g/mol. The highest BCUT2D eigenvalue weighted by Crippen LogP contribution is 2.51. The molecule has 362 valence electrons. The van der Waals surface area contributed by atoms with Crippen molar-refractivity contribution < 1.29 is 72.0 Å². The number of rotatable bonds is 22. The van der Waals surface area contributed by atoms with Crippen molar-refractivity contribution in [1.82, 2.24) is 9.64 Å². The van der Waals surface area contributed by atoms with Crippen molar-refractivity contribution in [3.05, 3.63) is 82.6 Å². The van der Waals surface area contributed by atoms with Crippen LogP contribution in [0.1, 0.15) is 90.0 Å². The molecule has 1 unspecified atom stereocenters. The summed E-state index contributed by atoms with van der Waals surface area (Å²) in [6.45, 7) is 11.4. The Hall–Kier alpha value is -4.81. The summed E-state index contributed by atoms with van der Waals surface area (Å²) in [5.74, 6) is -1.86. The lowest BCUT2D eigenvalue weighted by Gasteiger charge is -2.30. The van der Waals surface area contributed by atoms with E-state index in [0.29, 0.717) is 46.6 Å². The van der Waals surface area contributed by atoms with Crippen molar-refractivity contribution in [3.63, 3.8) is 0 Å². The first-order chi connectivity index (χ1) is 30.8. The molecule has 3 aliphatic heterocycles. The molecule has 0 aromatic heterocycles. The molecule has 4 aliphatic rings. The first-order valence-corrected chi connectivity index (χ1v) is 26.0. The van der Waals surface area contributed by atoms with Crippen LogP contribution in [0.15, 0.2) is 69.6 Å². The molecule has 0 bridgehead atoms. The minimum atomic E-state index is -4.65. The average molecular weight is 981 g/mol. The highest BCUT2D eigenvalue weighted by atomic mass is 32.2. The van der Waals surface area contributed by atoms with E-state index in [1.807, 2.05) is 47.6 Å². The number of carbonyl (C=O) groups excluding carboxylic acids is 3. The quantitative estimate of drug-likeness (QED) is 0.0546. The molecule has 22 heteroatoms. The van der Waals surface area contributed by atoms with Crippen molar-refractivity contribution in [2.75, 3.05) is 62.5 Å². The van der Waals surface area contributed by atoms with Gasteiger partial charge in [-0.1, -0.05) is 26.8 Å². The first-order valence-electron chi connectivity index (χ1n) is 21.4. The molecule has 1 aromatic rings. The Kier molecular flexibility index (Phi) is 16.9. The molecule has 3 N–H and O–H groups in total. The van der Waals surface area contributed by atoms with Crippen LogP contribution in [0.4, 0.5) is 5.69 Å². The summed E-state index contributed by atoms with van der Waals surface area (Å²) in [5, 5.41) is 1.26. The minimum Gasteiger partial charge on any atom is -0.456 e. The summed E-state index contributed by atoms with van der Waals surface area (Å²) >= 11 is 0. The van der Waals surface area contributed by atoms with Crippen LogP contribution in [0.25, 0.3) is 17.4 Å². The van der Waals surface area contributed by atoms with E-state index >= 15 is 0 Å². The molecule has 5 rings (SSSR count). The lowest BCUT2D eigenvalue weighted by atomic mass is 9.77. The van der Waals surface area contributed by atoms with Gasteiger partial charge in [-0.05, 0) is 85.7 Å². The van der Waals surface area contributed by atoms with Crippen molar-refractivity contribution >= 4 is 59.9 Å². The molecule has 1 fully saturated rings. The molecule has 19 nitrogen and oxygen atoms in total. The van der Waals surface area contributed by atoms with E-state index < -0.39 is 59.3 Å². The fraction of sp³-hybridized carbons (Fsp3) is 0.500. The Morgan fingerprint density at radius 1 is 0.879 bits per heavy atom. The van der Waals surface area contributed by atoms with Crippen LogP contribution in [0.5, 0.6) is 0 Å². The number of fused-ring (bicyclic) bond motifs is 2. The van der Waals surface area contributed by atoms with E-state index in [9.17, 15) is 53.3 Å². The molecule has 2 amide bonds. The Morgan fingerprint density at radius 3 is 2.15 bits per heavy atom. The topological polar surface area (TPSA) is 265 Å². The third-order valence-corrected chi connectivity index (χ3v) is 13.7. The number of amides is 2. The van der Waals surface area contributed by atoms with Crippen LogP contribution >= 0.6 is 0 Å². The maximum absolute atomic E-state index is 12.4. The third-order valence-electron chi connectivity index (χ3n) is 11.2. The zero-order valence-corrected chi connectivity index (χ0v) is 40.0. The minimum absolute atomic E-state index is 0.00628. The zero-order valence-electron chi connectivity index (χ0n) is 37.6. The largest absolute Gasteiger partial charge is 0.456 e. The van der Waals surface area contributed by atoms with Gasteiger partial charge in [0.2, 0.25) is 5.36 Å². The first kappa shape index (κ1) is 52.2. The summed E-state index contributed by atoms with van der Waals surface area (Å²) in [7, 11) is -13.1. The SMILES string of the molecule is CC[N+](CCCS(=O)(=O)O)=c1ccc2c(C(C)(C)C)cc(/C=C/C=C3/N(CCOCCOCCC(=O)ON4C(=O)CCC4=O)c4ccc(S(=O)(=O)O)cc4C3(C)CCCS(=O)(=O)O)oc-2c1. The molecule has 1 aliphatic carbocycles.